The summed E-state index contributed by atoms with van der Waals surface area (Å²) >= 11 is 2.49. The number of hydrogen-bond acceptors (Lipinski definition) is 10. The maximum Gasteiger partial charge on any atom is 0.254 e. The Kier molecular flexibility index (Phi) is 7.95. The van der Waals surface area contributed by atoms with E-state index in [1.165, 1.54) is 41.9 Å². The van der Waals surface area contributed by atoms with Gasteiger partial charge in [0.05, 0.1) is 55.3 Å². The molecule has 11 nitrogen and oxygen atoms in total. The van der Waals surface area contributed by atoms with E-state index < -0.39 is 21.8 Å². The average molecular weight is 607 g/mol. The molecule has 5 rings (SSSR count). The summed E-state index contributed by atoms with van der Waals surface area (Å²) in [5.41, 5.74) is 2.01. The molecule has 0 saturated carbocycles. The highest BCUT2D eigenvalue weighted by Crippen LogP contribution is 2.41. The molecule has 1 atom stereocenters. The first-order chi connectivity index (χ1) is 19.6. The Hall–Kier alpha value is -4.42. The molecule has 2 amide bonds. The van der Waals surface area contributed by atoms with Gasteiger partial charge >= 0.3 is 0 Å². The van der Waals surface area contributed by atoms with Gasteiger partial charge in [-0.3, -0.25) is 9.59 Å². The Balaban J connectivity index is 1.36. The largest absolute Gasteiger partial charge is 0.468 e. The topological polar surface area (TPSA) is 180 Å². The zero-order chi connectivity index (χ0) is 29.1. The van der Waals surface area contributed by atoms with E-state index >= 15 is 0 Å². The molecule has 41 heavy (non-hydrogen) atoms. The zero-order valence-electron chi connectivity index (χ0n) is 21.4. The fraction of sp³-hybridized carbons (Fsp3) is 0.111. The van der Waals surface area contributed by atoms with Crippen LogP contribution in [0.4, 0.5) is 10.8 Å². The standard InChI is InChI=1S/C27H22N6O5S3/c1-15-23(25(35)31-16-8-10-17(11-9-16)41(29,36)37)24(20-6-4-12-38-20)18(13-28)26(30-15)39-14-22(34)33-27-32-19-5-2-3-7-21(19)40-27/h2-12,24,30H,14H2,1H3,(H,31,35)(H2,29,36,37)(H,32,33,34). The van der Waals surface area contributed by atoms with Crippen LogP contribution >= 0.6 is 23.1 Å². The van der Waals surface area contributed by atoms with E-state index in [-0.39, 0.29) is 27.7 Å². The van der Waals surface area contributed by atoms with Crippen LogP contribution < -0.4 is 21.1 Å². The number of dihydropyridines is 1. The van der Waals surface area contributed by atoms with Crippen LogP contribution in [-0.2, 0) is 19.6 Å². The summed E-state index contributed by atoms with van der Waals surface area (Å²) in [6.07, 6.45) is 1.45. The summed E-state index contributed by atoms with van der Waals surface area (Å²) in [6.45, 7) is 1.69. The molecule has 0 aliphatic carbocycles. The first-order valence-corrected chi connectivity index (χ1v) is 15.4. The lowest BCUT2D eigenvalue weighted by Gasteiger charge is -2.28. The monoisotopic (exact) mass is 606 g/mol. The molecule has 0 spiro atoms. The number of allylic oxidation sites excluding steroid dienone is 2. The molecule has 3 heterocycles. The number of anilines is 2. The number of aromatic nitrogens is 1. The minimum Gasteiger partial charge on any atom is -0.468 e. The number of primary sulfonamides is 1. The number of sulfonamides is 1. The molecule has 2 aromatic heterocycles. The number of nitriles is 1. The number of nitrogens with zero attached hydrogens (tertiary/aromatic N) is 2. The van der Waals surface area contributed by atoms with Crippen LogP contribution in [0.2, 0.25) is 0 Å². The van der Waals surface area contributed by atoms with Crippen molar-refractivity contribution in [2.24, 2.45) is 5.14 Å². The highest BCUT2D eigenvalue weighted by Gasteiger charge is 2.36. The number of thiazole rings is 1. The summed E-state index contributed by atoms with van der Waals surface area (Å²) in [5.74, 6) is -1.32. The Labute approximate surface area is 243 Å². The first-order valence-electron chi connectivity index (χ1n) is 12.0. The van der Waals surface area contributed by atoms with Gasteiger partial charge in [0.2, 0.25) is 15.9 Å². The van der Waals surface area contributed by atoms with Gasteiger partial charge in [0.25, 0.3) is 5.91 Å². The van der Waals surface area contributed by atoms with Crippen LogP contribution in [0.3, 0.4) is 0 Å². The van der Waals surface area contributed by atoms with E-state index in [1.54, 1.807) is 19.1 Å². The van der Waals surface area contributed by atoms with Crippen LogP contribution in [0.1, 0.15) is 18.6 Å². The van der Waals surface area contributed by atoms with E-state index in [2.05, 4.69) is 27.0 Å². The molecule has 0 radical (unpaired) electrons. The Bertz CT molecular complexity index is 1820. The number of carbonyl (C=O) groups is 2. The predicted molar refractivity (Wildman–Crippen MR) is 157 cm³/mol. The molecule has 14 heteroatoms. The van der Waals surface area contributed by atoms with Crippen molar-refractivity contribution in [2.75, 3.05) is 16.4 Å². The number of nitrogens with two attached hydrogens (primary N) is 1. The second kappa shape index (κ2) is 11.6. The number of thioether (sulfide) groups is 1. The van der Waals surface area contributed by atoms with E-state index in [9.17, 15) is 23.3 Å². The Morgan fingerprint density at radius 1 is 1.15 bits per heavy atom. The van der Waals surface area contributed by atoms with Gasteiger partial charge in [-0.15, -0.1) is 0 Å². The lowest BCUT2D eigenvalue weighted by molar-refractivity contribution is -0.114. The van der Waals surface area contributed by atoms with Gasteiger partial charge in [-0.2, -0.15) is 5.26 Å². The highest BCUT2D eigenvalue weighted by atomic mass is 32.2. The molecule has 0 saturated heterocycles. The summed E-state index contributed by atoms with van der Waals surface area (Å²) < 4.78 is 29.7. The molecule has 1 unspecified atom stereocenters. The zero-order valence-corrected chi connectivity index (χ0v) is 23.8. The number of para-hydroxylation sites is 1. The number of nitrogens with one attached hydrogen (secondary N) is 3. The second-order valence-electron chi connectivity index (χ2n) is 8.81. The summed E-state index contributed by atoms with van der Waals surface area (Å²) in [5, 5.41) is 24.8. The lowest BCUT2D eigenvalue weighted by atomic mass is 9.85. The van der Waals surface area contributed by atoms with Gasteiger partial charge in [-0.05, 0) is 55.5 Å². The number of amides is 2. The quantitative estimate of drug-likeness (QED) is 0.228. The fourth-order valence-corrected chi connectivity index (χ4v) is 6.50. The van der Waals surface area contributed by atoms with Gasteiger partial charge in [0, 0.05) is 11.4 Å². The Morgan fingerprint density at radius 3 is 2.56 bits per heavy atom. The van der Waals surface area contributed by atoms with Crippen molar-refractivity contribution < 1.29 is 22.4 Å². The molecule has 4 aromatic rings. The summed E-state index contributed by atoms with van der Waals surface area (Å²) in [6, 6.07) is 18.4. The smallest absolute Gasteiger partial charge is 0.254 e. The van der Waals surface area contributed by atoms with Crippen LogP contribution in [0.25, 0.3) is 10.2 Å². The molecular formula is C27H22N6O5S3. The van der Waals surface area contributed by atoms with Crippen molar-refractivity contribution in [1.29, 1.82) is 5.26 Å². The van der Waals surface area contributed by atoms with Crippen LogP contribution in [0.15, 0.2) is 98.1 Å². The molecule has 1 aliphatic heterocycles. The van der Waals surface area contributed by atoms with Crippen molar-refractivity contribution in [3.8, 4) is 6.07 Å². The molecule has 2 aromatic carbocycles. The molecule has 0 fully saturated rings. The number of rotatable bonds is 8. The third-order valence-corrected chi connectivity index (χ3v) is 8.95. The Morgan fingerprint density at radius 2 is 1.90 bits per heavy atom. The first kappa shape index (κ1) is 28.1. The number of fused-ring (bicyclic) bond motifs is 1. The molecule has 208 valence electrons. The van der Waals surface area contributed by atoms with Gasteiger partial charge in [0.15, 0.2) is 5.13 Å². The van der Waals surface area contributed by atoms with Gasteiger partial charge in [-0.25, -0.2) is 18.5 Å². The molecule has 0 bridgehead atoms. The van der Waals surface area contributed by atoms with E-state index in [4.69, 9.17) is 9.56 Å². The maximum atomic E-state index is 13.5. The van der Waals surface area contributed by atoms with Crippen molar-refractivity contribution in [1.82, 2.24) is 10.3 Å². The number of furan rings is 1. The van der Waals surface area contributed by atoms with Crippen molar-refractivity contribution in [2.45, 2.75) is 17.7 Å². The van der Waals surface area contributed by atoms with E-state index in [0.29, 0.717) is 27.3 Å². The van der Waals surface area contributed by atoms with Crippen molar-refractivity contribution in [3.63, 3.8) is 0 Å². The fourth-order valence-electron chi connectivity index (χ4n) is 4.21. The SMILES string of the molecule is CC1=C(C(=O)Nc2ccc(S(N)(=O)=O)cc2)C(c2ccco2)C(C#N)=C(SCC(=O)Nc2nc3ccccc3s2)N1. The third kappa shape index (κ3) is 6.18. The summed E-state index contributed by atoms with van der Waals surface area (Å²) in [7, 11) is -3.89. The highest BCUT2D eigenvalue weighted by molar-refractivity contribution is 8.03. The van der Waals surface area contributed by atoms with Gasteiger partial charge < -0.3 is 20.4 Å². The van der Waals surface area contributed by atoms with Crippen molar-refractivity contribution >= 4 is 66.0 Å². The molecule has 5 N–H and O–H groups in total. The van der Waals surface area contributed by atoms with E-state index in [0.717, 1.165) is 22.0 Å². The average Bonchev–Trinajstić information content (AvgIpc) is 3.61. The predicted octanol–water partition coefficient (Wildman–Crippen LogP) is 4.24. The minimum absolute atomic E-state index is 0.0144. The number of benzene rings is 2. The molecular weight excluding hydrogens is 585 g/mol. The lowest BCUT2D eigenvalue weighted by Crippen LogP contribution is -2.31. The minimum atomic E-state index is -3.89. The van der Waals surface area contributed by atoms with Crippen molar-refractivity contribution in [3.05, 3.63) is 94.6 Å². The summed E-state index contributed by atoms with van der Waals surface area (Å²) in [4.78, 5) is 30.5. The van der Waals surface area contributed by atoms with Gasteiger partial charge in [0.1, 0.15) is 5.76 Å². The van der Waals surface area contributed by atoms with Crippen LogP contribution in [-0.4, -0.2) is 31.0 Å². The van der Waals surface area contributed by atoms with Crippen LogP contribution in [0.5, 0.6) is 0 Å². The number of hydrogen-bond donors (Lipinski definition) is 4. The molecule has 1 aliphatic rings. The van der Waals surface area contributed by atoms with Gasteiger partial charge in [-0.1, -0.05) is 35.2 Å². The van der Waals surface area contributed by atoms with Crippen LogP contribution in [0, 0.1) is 11.3 Å². The third-order valence-electron chi connectivity index (χ3n) is 6.05. The normalized spacial score (nSPS) is 15.4. The number of carbonyl (C=O) groups excluding carboxylic acids is 2. The van der Waals surface area contributed by atoms with E-state index in [1.807, 2.05) is 24.3 Å². The maximum absolute atomic E-state index is 13.5. The second-order valence-corrected chi connectivity index (χ2v) is 12.4.